The minimum absolute atomic E-state index is 0.0466. The van der Waals surface area contributed by atoms with Crippen LogP contribution in [0.5, 0.6) is 5.75 Å². The predicted octanol–water partition coefficient (Wildman–Crippen LogP) is 1.82. The molecule has 8 heteroatoms. The molecular weight excluding hydrogens is 352 g/mol. The molecule has 1 amide bonds. The summed E-state index contributed by atoms with van der Waals surface area (Å²) in [5.41, 5.74) is 1.13. The highest BCUT2D eigenvalue weighted by Gasteiger charge is 2.21. The van der Waals surface area contributed by atoms with Crippen molar-refractivity contribution in [3.63, 3.8) is 0 Å². The Hall–Kier alpha value is -2.19. The van der Waals surface area contributed by atoms with Crippen molar-refractivity contribution in [3.05, 3.63) is 35.7 Å². The van der Waals surface area contributed by atoms with Crippen LogP contribution in [0.2, 0.25) is 0 Å². The molecule has 26 heavy (non-hydrogen) atoms. The predicted molar refractivity (Wildman–Crippen MR) is 101 cm³/mol. The maximum Gasteiger partial charge on any atom is 0.248 e. The van der Waals surface area contributed by atoms with Gasteiger partial charge < -0.3 is 19.3 Å². The van der Waals surface area contributed by atoms with Crippen LogP contribution in [-0.2, 0) is 16.0 Å². The summed E-state index contributed by atoms with van der Waals surface area (Å²) in [6.07, 6.45) is 1.60. The van der Waals surface area contributed by atoms with Crippen LogP contribution in [0.15, 0.2) is 24.3 Å². The van der Waals surface area contributed by atoms with E-state index in [2.05, 4.69) is 15.3 Å². The van der Waals surface area contributed by atoms with Gasteiger partial charge in [0.25, 0.3) is 0 Å². The van der Waals surface area contributed by atoms with Crippen LogP contribution in [0, 0.1) is 0 Å². The van der Waals surface area contributed by atoms with Crippen molar-refractivity contribution < 1.29 is 14.3 Å². The van der Waals surface area contributed by atoms with Gasteiger partial charge in [-0.3, -0.25) is 4.79 Å². The molecule has 0 radical (unpaired) electrons. The number of hydrogen-bond donors (Lipinski definition) is 0. The molecule has 0 bridgehead atoms. The van der Waals surface area contributed by atoms with E-state index in [1.54, 1.807) is 14.2 Å². The summed E-state index contributed by atoms with van der Waals surface area (Å²) in [4.78, 5) is 20.8. The van der Waals surface area contributed by atoms with Gasteiger partial charge in [0.1, 0.15) is 18.2 Å². The van der Waals surface area contributed by atoms with E-state index >= 15 is 0 Å². The van der Waals surface area contributed by atoms with Crippen LogP contribution in [0.3, 0.4) is 0 Å². The van der Waals surface area contributed by atoms with E-state index in [4.69, 9.17) is 14.5 Å². The Labute approximate surface area is 157 Å². The Bertz CT molecular complexity index is 737. The van der Waals surface area contributed by atoms with Gasteiger partial charge in [0.05, 0.1) is 7.11 Å². The molecular formula is C18H24N4O3S. The van der Waals surface area contributed by atoms with Gasteiger partial charge in [-0.05, 0) is 24.1 Å². The van der Waals surface area contributed by atoms with E-state index in [9.17, 15) is 4.79 Å². The Morgan fingerprint density at radius 3 is 2.92 bits per heavy atom. The number of carbonyl (C=O) groups is 1. The molecule has 1 saturated heterocycles. The number of ether oxygens (including phenoxy) is 2. The molecule has 0 unspecified atom stereocenters. The Morgan fingerprint density at radius 2 is 2.12 bits per heavy atom. The van der Waals surface area contributed by atoms with Crippen molar-refractivity contribution in [2.45, 2.75) is 12.8 Å². The van der Waals surface area contributed by atoms with Gasteiger partial charge in [0.2, 0.25) is 11.0 Å². The first kappa shape index (κ1) is 18.6. The molecule has 3 rings (SSSR count). The van der Waals surface area contributed by atoms with E-state index in [1.807, 2.05) is 23.1 Å². The lowest BCUT2D eigenvalue weighted by Crippen LogP contribution is -2.37. The lowest BCUT2D eigenvalue weighted by atomic mass is 10.1. The Morgan fingerprint density at radius 1 is 1.23 bits per heavy atom. The third-order valence-corrected chi connectivity index (χ3v) is 5.16. The van der Waals surface area contributed by atoms with Gasteiger partial charge in [-0.1, -0.05) is 12.1 Å². The zero-order chi connectivity index (χ0) is 18.4. The third-order valence-electron chi connectivity index (χ3n) is 4.34. The zero-order valence-corrected chi connectivity index (χ0v) is 16.0. The van der Waals surface area contributed by atoms with E-state index < -0.39 is 0 Å². The largest absolute Gasteiger partial charge is 0.497 e. The second-order valence-electron chi connectivity index (χ2n) is 6.18. The molecule has 0 saturated carbocycles. The zero-order valence-electron chi connectivity index (χ0n) is 15.2. The number of anilines is 1. The van der Waals surface area contributed by atoms with Crippen LogP contribution in [-0.4, -0.2) is 67.2 Å². The molecule has 2 heterocycles. The molecule has 7 nitrogen and oxygen atoms in total. The van der Waals surface area contributed by atoms with Crippen molar-refractivity contribution >= 4 is 22.6 Å². The number of hydrogen-bond acceptors (Lipinski definition) is 7. The summed E-state index contributed by atoms with van der Waals surface area (Å²) in [5.74, 6) is 1.70. The fraction of sp³-hybridized carbons (Fsp3) is 0.500. The minimum atomic E-state index is 0.0466. The first-order chi connectivity index (χ1) is 12.7. The van der Waals surface area contributed by atoms with E-state index in [1.165, 1.54) is 11.5 Å². The summed E-state index contributed by atoms with van der Waals surface area (Å²) >= 11 is 1.42. The van der Waals surface area contributed by atoms with Crippen LogP contribution < -0.4 is 9.64 Å². The van der Waals surface area contributed by atoms with Gasteiger partial charge in [-0.15, -0.1) is 0 Å². The molecule has 1 aliphatic heterocycles. The fourth-order valence-electron chi connectivity index (χ4n) is 2.98. The Balaban J connectivity index is 1.61. The molecule has 1 aromatic heterocycles. The summed E-state index contributed by atoms with van der Waals surface area (Å²) in [7, 11) is 3.21. The minimum Gasteiger partial charge on any atom is -0.497 e. The maximum absolute atomic E-state index is 12.0. The van der Waals surface area contributed by atoms with Crippen molar-refractivity contribution in [3.8, 4) is 5.75 Å². The molecule has 1 fully saturated rings. The number of amides is 1. The smallest absolute Gasteiger partial charge is 0.248 e. The number of nitrogens with zero attached hydrogens (tertiary/aromatic N) is 4. The van der Waals surface area contributed by atoms with Crippen molar-refractivity contribution in [2.24, 2.45) is 0 Å². The van der Waals surface area contributed by atoms with Crippen LogP contribution in [0.25, 0.3) is 0 Å². The summed E-state index contributed by atoms with van der Waals surface area (Å²) in [6.45, 7) is 3.23. The monoisotopic (exact) mass is 376 g/mol. The standard InChI is InChI=1S/C18H24N4O3S/c1-24-13-17(23)21-7-4-8-22(10-9-21)18-19-16(20-26-18)12-14-5-3-6-15(11-14)25-2/h3,5-6,11H,4,7-10,12-13H2,1-2H3. The highest BCUT2D eigenvalue weighted by molar-refractivity contribution is 7.09. The molecule has 1 aliphatic rings. The number of aromatic nitrogens is 2. The molecule has 0 N–H and O–H groups in total. The van der Waals surface area contributed by atoms with E-state index in [0.29, 0.717) is 13.0 Å². The average molecular weight is 376 g/mol. The van der Waals surface area contributed by atoms with E-state index in [0.717, 1.165) is 48.3 Å². The third kappa shape index (κ3) is 4.70. The van der Waals surface area contributed by atoms with Gasteiger partial charge in [-0.25, -0.2) is 4.98 Å². The first-order valence-electron chi connectivity index (χ1n) is 8.67. The number of methoxy groups -OCH3 is 2. The summed E-state index contributed by atoms with van der Waals surface area (Å²) < 4.78 is 14.7. The molecule has 0 spiro atoms. The second kappa shape index (κ2) is 8.95. The lowest BCUT2D eigenvalue weighted by Gasteiger charge is -2.21. The normalized spacial score (nSPS) is 15.0. The van der Waals surface area contributed by atoms with Crippen molar-refractivity contribution in [1.82, 2.24) is 14.3 Å². The highest BCUT2D eigenvalue weighted by Crippen LogP contribution is 2.21. The van der Waals surface area contributed by atoms with Crippen molar-refractivity contribution in [1.29, 1.82) is 0 Å². The van der Waals surface area contributed by atoms with E-state index in [-0.39, 0.29) is 12.5 Å². The molecule has 140 valence electrons. The van der Waals surface area contributed by atoms with Gasteiger partial charge in [-0.2, -0.15) is 4.37 Å². The SMILES string of the molecule is COCC(=O)N1CCCN(c2nc(Cc3cccc(OC)c3)ns2)CC1. The van der Waals surface area contributed by atoms with Gasteiger partial charge >= 0.3 is 0 Å². The fourth-order valence-corrected chi connectivity index (χ4v) is 3.72. The molecule has 2 aromatic rings. The second-order valence-corrected chi connectivity index (χ2v) is 6.91. The number of carbonyl (C=O) groups excluding carboxylic acids is 1. The van der Waals surface area contributed by atoms with Crippen LogP contribution in [0.4, 0.5) is 5.13 Å². The quantitative estimate of drug-likeness (QED) is 0.766. The topological polar surface area (TPSA) is 67.8 Å². The summed E-state index contributed by atoms with van der Waals surface area (Å²) in [5, 5.41) is 0.920. The summed E-state index contributed by atoms with van der Waals surface area (Å²) in [6, 6.07) is 7.96. The van der Waals surface area contributed by atoms with Crippen LogP contribution >= 0.6 is 11.5 Å². The first-order valence-corrected chi connectivity index (χ1v) is 9.44. The van der Waals surface area contributed by atoms with Crippen LogP contribution in [0.1, 0.15) is 17.8 Å². The lowest BCUT2D eigenvalue weighted by molar-refractivity contribution is -0.134. The average Bonchev–Trinajstić information content (AvgIpc) is 2.97. The molecule has 1 aromatic carbocycles. The van der Waals surface area contributed by atoms with Gasteiger partial charge in [0.15, 0.2) is 0 Å². The molecule has 0 atom stereocenters. The Kier molecular flexibility index (Phi) is 6.40. The van der Waals surface area contributed by atoms with Gasteiger partial charge in [0, 0.05) is 51.2 Å². The maximum atomic E-state index is 12.0. The highest BCUT2D eigenvalue weighted by atomic mass is 32.1. The number of benzene rings is 1. The van der Waals surface area contributed by atoms with Crippen molar-refractivity contribution in [2.75, 3.05) is 51.9 Å². The number of rotatable bonds is 6. The molecule has 0 aliphatic carbocycles.